The molecule has 1 atom stereocenters. The van der Waals surface area contributed by atoms with E-state index >= 15 is 0 Å². The van der Waals surface area contributed by atoms with Crippen LogP contribution in [0.25, 0.3) is 0 Å². The van der Waals surface area contributed by atoms with E-state index in [-0.39, 0.29) is 30.2 Å². The lowest BCUT2D eigenvalue weighted by molar-refractivity contribution is -0.124. The number of anilines is 2. The predicted molar refractivity (Wildman–Crippen MR) is 109 cm³/mol. The Labute approximate surface area is 165 Å². The third kappa shape index (κ3) is 4.22. The minimum absolute atomic E-state index is 0.0749. The molecular formula is C22H25N3O3. The molecule has 28 heavy (non-hydrogen) atoms. The van der Waals surface area contributed by atoms with E-state index in [0.717, 1.165) is 5.56 Å². The first kappa shape index (κ1) is 19.6. The Hall–Kier alpha value is -3.15. The van der Waals surface area contributed by atoms with Crippen molar-refractivity contribution < 1.29 is 14.4 Å². The van der Waals surface area contributed by atoms with Crippen molar-refractivity contribution in [3.63, 3.8) is 0 Å². The summed E-state index contributed by atoms with van der Waals surface area (Å²) in [5.74, 6) is -0.482. The standard InChI is InChI=1S/C22H25N3O3/c1-15(2)14-24-19(13-20(26)23-17-7-5-4-6-8-17)21(27)25(22(24)28)18-11-9-16(3)10-12-18/h4-12,15,19H,13-14H2,1-3H3,(H,23,26). The van der Waals surface area contributed by atoms with Crippen LogP contribution in [0.5, 0.6) is 0 Å². The zero-order valence-corrected chi connectivity index (χ0v) is 16.4. The second kappa shape index (κ2) is 8.25. The highest BCUT2D eigenvalue weighted by Crippen LogP contribution is 2.28. The zero-order chi connectivity index (χ0) is 20.3. The molecular weight excluding hydrogens is 354 g/mol. The minimum atomic E-state index is -0.806. The third-order valence-electron chi connectivity index (χ3n) is 4.61. The van der Waals surface area contributed by atoms with Crippen molar-refractivity contribution in [2.45, 2.75) is 33.2 Å². The van der Waals surface area contributed by atoms with Crippen LogP contribution in [-0.2, 0) is 9.59 Å². The van der Waals surface area contributed by atoms with E-state index in [1.54, 1.807) is 24.3 Å². The van der Waals surface area contributed by atoms with Crippen molar-refractivity contribution >= 4 is 29.2 Å². The summed E-state index contributed by atoms with van der Waals surface area (Å²) in [6.45, 7) is 6.32. The van der Waals surface area contributed by atoms with E-state index in [9.17, 15) is 14.4 Å². The highest BCUT2D eigenvalue weighted by Gasteiger charge is 2.46. The van der Waals surface area contributed by atoms with E-state index in [1.165, 1.54) is 9.80 Å². The van der Waals surface area contributed by atoms with E-state index in [1.807, 2.05) is 51.1 Å². The molecule has 3 rings (SSSR count). The maximum absolute atomic E-state index is 13.1. The number of hydrogen-bond acceptors (Lipinski definition) is 3. The number of urea groups is 1. The SMILES string of the molecule is Cc1ccc(N2C(=O)C(CC(=O)Nc3ccccc3)N(CC(C)C)C2=O)cc1. The van der Waals surface area contributed by atoms with Crippen molar-refractivity contribution in [1.82, 2.24) is 4.90 Å². The van der Waals surface area contributed by atoms with Crippen molar-refractivity contribution in [1.29, 1.82) is 0 Å². The van der Waals surface area contributed by atoms with Crippen molar-refractivity contribution in [2.24, 2.45) is 5.92 Å². The molecule has 1 aliphatic heterocycles. The van der Waals surface area contributed by atoms with Gasteiger partial charge in [0, 0.05) is 12.2 Å². The lowest BCUT2D eigenvalue weighted by Gasteiger charge is -2.23. The van der Waals surface area contributed by atoms with Crippen LogP contribution in [0, 0.1) is 12.8 Å². The molecule has 2 aromatic rings. The smallest absolute Gasteiger partial charge is 0.326 e. The van der Waals surface area contributed by atoms with Gasteiger partial charge in [0.15, 0.2) is 0 Å². The van der Waals surface area contributed by atoms with Gasteiger partial charge in [-0.15, -0.1) is 0 Å². The molecule has 2 aromatic carbocycles. The third-order valence-corrected chi connectivity index (χ3v) is 4.61. The van der Waals surface area contributed by atoms with Crippen LogP contribution in [-0.4, -0.2) is 35.3 Å². The summed E-state index contributed by atoms with van der Waals surface area (Å²) in [5.41, 5.74) is 2.23. The fraction of sp³-hybridized carbons (Fsp3) is 0.318. The van der Waals surface area contributed by atoms with Crippen LogP contribution in [0.3, 0.4) is 0 Å². The number of rotatable bonds is 6. The first-order chi connectivity index (χ1) is 13.4. The molecule has 6 nitrogen and oxygen atoms in total. The van der Waals surface area contributed by atoms with Crippen LogP contribution in [0.4, 0.5) is 16.2 Å². The number of carbonyl (C=O) groups is 3. The monoisotopic (exact) mass is 379 g/mol. The van der Waals surface area contributed by atoms with Gasteiger partial charge < -0.3 is 10.2 Å². The molecule has 6 heteroatoms. The second-order valence-electron chi connectivity index (χ2n) is 7.47. The average Bonchev–Trinajstić information content (AvgIpc) is 2.87. The Morgan fingerprint density at radius 1 is 1.04 bits per heavy atom. The van der Waals surface area contributed by atoms with E-state index < -0.39 is 6.04 Å². The Morgan fingerprint density at radius 3 is 2.29 bits per heavy atom. The molecule has 146 valence electrons. The molecule has 0 aliphatic carbocycles. The van der Waals surface area contributed by atoms with Gasteiger partial charge in [0.05, 0.1) is 12.1 Å². The Morgan fingerprint density at radius 2 is 1.68 bits per heavy atom. The molecule has 0 bridgehead atoms. The van der Waals surface area contributed by atoms with Crippen LogP contribution in [0.2, 0.25) is 0 Å². The van der Waals surface area contributed by atoms with Gasteiger partial charge in [-0.25, -0.2) is 9.69 Å². The fourth-order valence-electron chi connectivity index (χ4n) is 3.28. The quantitative estimate of drug-likeness (QED) is 0.776. The maximum atomic E-state index is 13.1. The normalized spacial score (nSPS) is 16.8. The van der Waals surface area contributed by atoms with E-state index in [2.05, 4.69) is 5.32 Å². The summed E-state index contributed by atoms with van der Waals surface area (Å²) in [7, 11) is 0. The molecule has 1 unspecified atom stereocenters. The van der Waals surface area contributed by atoms with Gasteiger partial charge in [0.1, 0.15) is 6.04 Å². The van der Waals surface area contributed by atoms with Gasteiger partial charge in [0.2, 0.25) is 5.91 Å². The lowest BCUT2D eigenvalue weighted by atomic mass is 10.1. The average molecular weight is 379 g/mol. The lowest BCUT2D eigenvalue weighted by Crippen LogP contribution is -2.40. The number of amides is 4. The number of nitrogens with zero attached hydrogens (tertiary/aromatic N) is 2. The largest absolute Gasteiger partial charge is 0.332 e. The molecule has 1 heterocycles. The van der Waals surface area contributed by atoms with Gasteiger partial charge in [0.25, 0.3) is 5.91 Å². The van der Waals surface area contributed by atoms with Gasteiger partial charge in [-0.3, -0.25) is 9.59 Å². The summed E-state index contributed by atoms with van der Waals surface area (Å²) in [4.78, 5) is 41.3. The Kier molecular flexibility index (Phi) is 5.78. The van der Waals surface area contributed by atoms with Crippen LogP contribution >= 0.6 is 0 Å². The number of benzene rings is 2. The Bertz CT molecular complexity index is 862. The van der Waals surface area contributed by atoms with Gasteiger partial charge in [-0.05, 0) is 37.1 Å². The number of carbonyl (C=O) groups excluding carboxylic acids is 3. The van der Waals surface area contributed by atoms with Crippen molar-refractivity contribution in [3.05, 3.63) is 60.2 Å². The highest BCUT2D eigenvalue weighted by molar-refractivity contribution is 6.22. The van der Waals surface area contributed by atoms with Crippen LogP contribution in [0.1, 0.15) is 25.8 Å². The first-order valence-corrected chi connectivity index (χ1v) is 9.43. The molecule has 1 aliphatic rings. The minimum Gasteiger partial charge on any atom is -0.326 e. The summed E-state index contributed by atoms with van der Waals surface area (Å²) < 4.78 is 0. The first-order valence-electron chi connectivity index (χ1n) is 9.43. The predicted octanol–water partition coefficient (Wildman–Crippen LogP) is 3.82. The van der Waals surface area contributed by atoms with Gasteiger partial charge >= 0.3 is 6.03 Å². The second-order valence-corrected chi connectivity index (χ2v) is 7.47. The summed E-state index contributed by atoms with van der Waals surface area (Å²) in [6.07, 6.45) is -0.0749. The van der Waals surface area contributed by atoms with E-state index in [0.29, 0.717) is 17.9 Å². The van der Waals surface area contributed by atoms with Crippen molar-refractivity contribution in [2.75, 3.05) is 16.8 Å². The van der Waals surface area contributed by atoms with Crippen LogP contribution in [0.15, 0.2) is 54.6 Å². The number of imide groups is 1. The van der Waals surface area contributed by atoms with E-state index in [4.69, 9.17) is 0 Å². The summed E-state index contributed by atoms with van der Waals surface area (Å²) in [5, 5.41) is 2.79. The molecule has 0 spiro atoms. The topological polar surface area (TPSA) is 69.7 Å². The number of nitrogens with one attached hydrogen (secondary N) is 1. The number of hydrogen-bond donors (Lipinski definition) is 1. The number of aryl methyl sites for hydroxylation is 1. The zero-order valence-electron chi connectivity index (χ0n) is 16.4. The summed E-state index contributed by atoms with van der Waals surface area (Å²) in [6, 6.07) is 15.1. The highest BCUT2D eigenvalue weighted by atomic mass is 16.2. The molecule has 1 saturated heterocycles. The van der Waals surface area contributed by atoms with Gasteiger partial charge in [-0.2, -0.15) is 0 Å². The fourth-order valence-corrected chi connectivity index (χ4v) is 3.28. The molecule has 1 N–H and O–H groups in total. The summed E-state index contributed by atoms with van der Waals surface area (Å²) >= 11 is 0. The van der Waals surface area contributed by atoms with Crippen molar-refractivity contribution in [3.8, 4) is 0 Å². The number of para-hydroxylation sites is 1. The molecule has 1 fully saturated rings. The molecule has 0 saturated carbocycles. The Balaban J connectivity index is 1.82. The molecule has 0 aromatic heterocycles. The molecule has 0 radical (unpaired) electrons. The maximum Gasteiger partial charge on any atom is 0.332 e. The van der Waals surface area contributed by atoms with Crippen LogP contribution < -0.4 is 10.2 Å². The van der Waals surface area contributed by atoms with Gasteiger partial charge in [-0.1, -0.05) is 49.7 Å². The molecule has 4 amide bonds.